The number of aliphatic hydroxyl groups is 1. The van der Waals surface area contributed by atoms with Crippen LogP contribution in [0.3, 0.4) is 0 Å². The summed E-state index contributed by atoms with van der Waals surface area (Å²) in [6, 6.07) is 16.9. The molecule has 7 aliphatic heterocycles. The molecule has 11 heterocycles. The van der Waals surface area contributed by atoms with Crippen molar-refractivity contribution in [1.82, 2.24) is 48.1 Å². The van der Waals surface area contributed by atoms with E-state index in [1.165, 1.54) is 46.1 Å². The standard InChI is InChI=1S/C26H31F4N3O3.C24H29F4N3O3.C23H26F5N5O/c1-16(2)36-20-7-6-17(12-19(20)27)23(35)32-10-8-25(9-11-32)21-13-18(22(34)26(28,29)30)14-33(21)24(3,4)15-31(25)5;1-15(2)34-19-5-4-16(12-17(19)14-32)22(33)30-8-6-23(7-9-30)21-18(25)13-20(24(26,27)28)31(21)11-10-29(23)3;1-30-13-14-33-17(4-5-18(33)23(26,27)28)21(30)6-10-31(11-7-21)20(34)16-3-2-9-29-19(16)32-12-8-22(24,25)15-32/h6-7,12-14,16H,8-11,15H2,1-5H3;4-5,12-13,15,32H,6-11,14H2,1-3H3;2-5,9H,6-8,10-15H2,1H3. The number of carbonyl (C=O) groups excluding carboxylic acids is 4. The Morgan fingerprint density at radius 3 is 1.59 bits per heavy atom. The number of likely N-dealkylation sites (N-methyl/N-ethyl adjacent to an activating group) is 3. The Morgan fingerprint density at radius 2 is 1.06 bits per heavy atom. The Labute approximate surface area is 593 Å². The van der Waals surface area contributed by atoms with Crippen LogP contribution >= 0.6 is 0 Å². The number of aromatic nitrogens is 4. The van der Waals surface area contributed by atoms with Gasteiger partial charge >= 0.3 is 18.5 Å². The van der Waals surface area contributed by atoms with Gasteiger partial charge in [0, 0.05) is 137 Å². The van der Waals surface area contributed by atoms with E-state index in [0.717, 1.165) is 10.6 Å². The summed E-state index contributed by atoms with van der Waals surface area (Å²) in [6.45, 7) is 14.1. The highest BCUT2D eigenvalue weighted by Crippen LogP contribution is 2.49. The number of ketones is 1. The highest BCUT2D eigenvalue weighted by Gasteiger charge is 2.54. The van der Waals surface area contributed by atoms with Gasteiger partial charge < -0.3 is 47.9 Å². The molecule has 3 amide bonds. The third-order valence-electron chi connectivity index (χ3n) is 21.6. The zero-order valence-electron chi connectivity index (χ0n) is 59.3. The summed E-state index contributed by atoms with van der Waals surface area (Å²) in [5.74, 6) is -6.16. The van der Waals surface area contributed by atoms with Crippen molar-refractivity contribution >= 4 is 29.3 Å². The molecule has 0 atom stereocenters. The second-order valence-electron chi connectivity index (χ2n) is 29.3. The van der Waals surface area contributed by atoms with Crippen LogP contribution in [0.4, 0.5) is 62.9 Å². The highest BCUT2D eigenvalue weighted by molar-refractivity contribution is 6.01. The van der Waals surface area contributed by atoms with Gasteiger partial charge in [-0.1, -0.05) is 0 Å². The first-order valence-corrected chi connectivity index (χ1v) is 34.7. The molecule has 4 fully saturated rings. The molecule has 104 heavy (non-hydrogen) atoms. The third kappa shape index (κ3) is 14.8. The molecule has 0 bridgehead atoms. The maximum absolute atomic E-state index is 14.9. The van der Waals surface area contributed by atoms with Crippen LogP contribution in [0.5, 0.6) is 11.5 Å². The number of ether oxygens (including phenoxy) is 2. The Kier molecular flexibility index (Phi) is 21.2. The lowest BCUT2D eigenvalue weighted by Crippen LogP contribution is -2.60. The van der Waals surface area contributed by atoms with Crippen molar-refractivity contribution in [1.29, 1.82) is 0 Å². The number of rotatable bonds is 10. The number of benzene rings is 2. The molecule has 6 aromatic rings. The van der Waals surface area contributed by atoms with Crippen LogP contribution in [0.2, 0.25) is 0 Å². The number of fused-ring (bicyclic) bond motifs is 6. The topological polar surface area (TPSA) is 157 Å². The molecular formula is C73H86F13N11O7. The monoisotopic (exact) mass is 1480 g/mol. The summed E-state index contributed by atoms with van der Waals surface area (Å²) in [5, 5.41) is 9.69. The number of amides is 3. The number of hydrogen-bond donors (Lipinski definition) is 1. The van der Waals surface area contributed by atoms with E-state index in [0.29, 0.717) is 119 Å². The van der Waals surface area contributed by atoms with Crippen molar-refractivity contribution in [3.63, 3.8) is 0 Å². The number of Topliss-reactive ketones (excluding diaryl/α,β-unsaturated/α-hetero) is 1. The van der Waals surface area contributed by atoms with Crippen LogP contribution in [0, 0.1) is 11.6 Å². The largest absolute Gasteiger partial charge is 0.491 e. The van der Waals surface area contributed by atoms with Crippen molar-refractivity contribution in [2.75, 3.05) is 98.0 Å². The molecule has 13 rings (SSSR count). The SMILES string of the molecule is CC(C)Oc1ccc(C(=O)N2CCC3(CC2)c2c(F)cc(C(F)(F)F)n2CCN3C)cc1CO.CC(C)Oc1ccc(C(=O)N2CCC3(CC2)c2cc(C(=O)C(F)(F)F)cn2C(C)(C)CN3C)cc1F.CN1CCn2c(C(F)(F)F)ccc2C12CCN(C(=O)c1cccnc1N1CCC(F)(F)C1)CC2. The number of aliphatic hydroxyl groups excluding tert-OH is 1. The number of anilines is 1. The van der Waals surface area contributed by atoms with Gasteiger partial charge in [0.05, 0.1) is 58.8 Å². The molecule has 4 saturated heterocycles. The molecule has 4 aromatic heterocycles. The molecule has 31 heteroatoms. The van der Waals surface area contributed by atoms with E-state index in [-0.39, 0.29) is 110 Å². The predicted molar refractivity (Wildman–Crippen MR) is 358 cm³/mol. The van der Waals surface area contributed by atoms with E-state index < -0.39 is 82.0 Å². The van der Waals surface area contributed by atoms with Crippen molar-refractivity contribution in [3.05, 3.63) is 153 Å². The van der Waals surface area contributed by atoms with Crippen LogP contribution in [-0.2, 0) is 54.2 Å². The van der Waals surface area contributed by atoms with Gasteiger partial charge in [0.15, 0.2) is 11.6 Å². The second kappa shape index (κ2) is 28.6. The maximum atomic E-state index is 14.9. The smallest absolute Gasteiger partial charge is 0.454 e. The molecule has 3 spiro atoms. The number of pyridine rings is 1. The number of alkyl halides is 11. The van der Waals surface area contributed by atoms with Gasteiger partial charge in [-0.25, -0.2) is 22.5 Å². The Balaban J connectivity index is 0.000000156. The Hall–Kier alpha value is -8.16. The molecule has 0 unspecified atom stereocenters. The molecular weight excluding hydrogens is 1390 g/mol. The molecule has 0 radical (unpaired) electrons. The zero-order valence-corrected chi connectivity index (χ0v) is 59.3. The lowest BCUT2D eigenvalue weighted by molar-refractivity contribution is -0.145. The minimum atomic E-state index is -4.96. The van der Waals surface area contributed by atoms with Gasteiger partial charge in [0.2, 0.25) is 0 Å². The molecule has 2 aromatic carbocycles. The average molecular weight is 1480 g/mol. The number of carbonyl (C=O) groups is 4. The average Bonchev–Trinajstić information content (AvgIpc) is 1.48. The predicted octanol–water partition coefficient (Wildman–Crippen LogP) is 12.8. The first kappa shape index (κ1) is 77.0. The lowest BCUT2D eigenvalue weighted by atomic mass is 9.78. The molecule has 0 aliphatic carbocycles. The minimum absolute atomic E-state index is 0.0541. The van der Waals surface area contributed by atoms with Gasteiger partial charge in [-0.3, -0.25) is 33.9 Å². The first-order chi connectivity index (χ1) is 48.6. The van der Waals surface area contributed by atoms with Crippen LogP contribution in [0.1, 0.15) is 162 Å². The molecule has 566 valence electrons. The van der Waals surface area contributed by atoms with Crippen LogP contribution in [-0.4, -0.2) is 194 Å². The second-order valence-corrected chi connectivity index (χ2v) is 29.3. The van der Waals surface area contributed by atoms with E-state index in [1.54, 1.807) is 76.6 Å². The van der Waals surface area contributed by atoms with E-state index in [2.05, 4.69) is 14.8 Å². The summed E-state index contributed by atoms with van der Waals surface area (Å²) < 4.78 is 193. The normalized spacial score (nSPS) is 20.0. The Bertz CT molecular complexity index is 4170. The molecule has 18 nitrogen and oxygen atoms in total. The van der Waals surface area contributed by atoms with Crippen LogP contribution in [0.15, 0.2) is 85.2 Å². The van der Waals surface area contributed by atoms with Gasteiger partial charge in [-0.15, -0.1) is 0 Å². The Morgan fingerprint density at radius 1 is 0.538 bits per heavy atom. The molecule has 7 aliphatic rings. The van der Waals surface area contributed by atoms with E-state index in [4.69, 9.17) is 9.47 Å². The van der Waals surface area contributed by atoms with Crippen molar-refractivity contribution in [2.24, 2.45) is 0 Å². The minimum Gasteiger partial charge on any atom is -0.491 e. The van der Waals surface area contributed by atoms with Crippen molar-refractivity contribution < 1.29 is 90.8 Å². The summed E-state index contributed by atoms with van der Waals surface area (Å²) in [7, 11) is 5.62. The zero-order chi connectivity index (χ0) is 75.8. The number of halogens is 13. The quantitative estimate of drug-likeness (QED) is 0.102. The van der Waals surface area contributed by atoms with E-state index in [1.807, 2.05) is 46.7 Å². The highest BCUT2D eigenvalue weighted by atomic mass is 19.4. The molecule has 0 saturated carbocycles. The van der Waals surface area contributed by atoms with Crippen LogP contribution in [0.25, 0.3) is 0 Å². The van der Waals surface area contributed by atoms with Gasteiger partial charge in [0.1, 0.15) is 28.8 Å². The first-order valence-electron chi connectivity index (χ1n) is 34.7. The van der Waals surface area contributed by atoms with Crippen molar-refractivity contribution in [2.45, 2.75) is 165 Å². The number of hydrogen-bond acceptors (Lipinski definition) is 12. The fraction of sp³-hybridized carbons (Fsp3) is 0.548. The number of likely N-dealkylation sites (tertiary alicyclic amines) is 3. The fourth-order valence-corrected chi connectivity index (χ4v) is 16.3. The third-order valence-corrected chi connectivity index (χ3v) is 21.6. The van der Waals surface area contributed by atoms with Gasteiger partial charge in [-0.05, 0) is 168 Å². The van der Waals surface area contributed by atoms with Crippen LogP contribution < -0.4 is 14.4 Å². The number of nitrogens with zero attached hydrogens (tertiary/aromatic N) is 11. The van der Waals surface area contributed by atoms with E-state index in [9.17, 15) is 81.4 Å². The summed E-state index contributed by atoms with van der Waals surface area (Å²) in [6.07, 6.45) is -9.28. The van der Waals surface area contributed by atoms with Gasteiger partial charge in [0.25, 0.3) is 29.4 Å². The van der Waals surface area contributed by atoms with E-state index >= 15 is 0 Å². The van der Waals surface area contributed by atoms with Gasteiger partial charge in [-0.2, -0.15) is 39.5 Å². The summed E-state index contributed by atoms with van der Waals surface area (Å²) in [5.41, 5.74) is -1.94. The fourth-order valence-electron chi connectivity index (χ4n) is 16.3. The molecule has 1 N–H and O–H groups in total. The lowest BCUT2D eigenvalue weighted by Gasteiger charge is -2.54. The summed E-state index contributed by atoms with van der Waals surface area (Å²) >= 11 is 0. The number of piperidine rings is 3. The van der Waals surface area contributed by atoms with Crippen molar-refractivity contribution in [3.8, 4) is 11.5 Å². The summed E-state index contributed by atoms with van der Waals surface area (Å²) in [4.78, 5) is 68.4. The maximum Gasteiger partial charge on any atom is 0.454 e.